The van der Waals surface area contributed by atoms with Gasteiger partial charge in [-0.05, 0) is 251 Å². The molecule has 0 saturated carbocycles. The van der Waals surface area contributed by atoms with Gasteiger partial charge in [-0.3, -0.25) is 4.98 Å². The van der Waals surface area contributed by atoms with Crippen LogP contribution in [-0.4, -0.2) is 14.1 Å². The number of benzene rings is 9. The quantitative estimate of drug-likeness (QED) is 0.160. The van der Waals surface area contributed by atoms with Crippen LogP contribution < -0.4 is 0 Å². The Hall–Kier alpha value is -8.78. The van der Waals surface area contributed by atoms with Gasteiger partial charge in [-0.1, -0.05) is 95.1 Å². The van der Waals surface area contributed by atoms with E-state index in [-0.39, 0.29) is 0 Å². The van der Waals surface area contributed by atoms with E-state index in [4.69, 9.17) is 4.98 Å². The average Bonchev–Trinajstić information content (AvgIpc) is 3.90. The first kappa shape index (κ1) is 48.2. The largest absolute Gasteiger partial charge is 0.309 e. The van der Waals surface area contributed by atoms with E-state index >= 15 is 0 Å². The van der Waals surface area contributed by atoms with Crippen molar-refractivity contribution in [3.63, 3.8) is 0 Å². The van der Waals surface area contributed by atoms with Gasteiger partial charge in [0.1, 0.15) is 0 Å². The SMILES string of the molecule is Cc1cc(C)c(-c2ccc3c(c2)c2cc(-c4c(C)cc(C)cc4C)ccc2n3-c2ccc(C#N)cc2-c2ncccc2-n2c3ccc(-c4c(C)cc(C)cc4C)cc3c3cc(-c4c(C)cc(C)cc4C)ccc32)c(C)c1. The van der Waals surface area contributed by atoms with Crippen LogP contribution in [0.2, 0.25) is 0 Å². The number of hydrogen-bond donors (Lipinski definition) is 0. The van der Waals surface area contributed by atoms with Crippen LogP contribution in [0.1, 0.15) is 72.3 Å². The first-order valence-corrected chi connectivity index (χ1v) is 26.6. The van der Waals surface area contributed by atoms with Crippen LogP contribution in [0.4, 0.5) is 0 Å². The standard InChI is InChI=1S/C72H62N4/c1-40-26-44(5)68(45(6)27-40)53-16-21-62-57(35-53)58-36-54(69-46(7)28-41(2)29-47(69)8)17-22-63(58)75(62)66-20-15-52(39-73)34-61(66)72-67(14-13-25-74-72)76-64-23-18-55(70-48(9)30-42(3)31-49(70)10)37-59(64)60-38-56(19-24-65(60)76)71-50(11)32-43(4)33-51(71)12/h13-38H,1-12H3. The second kappa shape index (κ2) is 18.3. The molecule has 12 rings (SSSR count). The van der Waals surface area contributed by atoms with E-state index in [0.29, 0.717) is 5.56 Å². The van der Waals surface area contributed by atoms with Crippen molar-refractivity contribution in [3.05, 3.63) is 230 Å². The Morgan fingerprint density at radius 1 is 0.342 bits per heavy atom. The summed E-state index contributed by atoms with van der Waals surface area (Å²) in [5.74, 6) is 0. The molecule has 0 saturated heterocycles. The van der Waals surface area contributed by atoms with Crippen LogP contribution in [0.15, 0.2) is 158 Å². The molecule has 3 heterocycles. The summed E-state index contributed by atoms with van der Waals surface area (Å²) < 4.78 is 4.80. The zero-order valence-electron chi connectivity index (χ0n) is 45.8. The Kier molecular flexibility index (Phi) is 11.6. The second-order valence-corrected chi connectivity index (χ2v) is 21.9. The number of rotatable bonds is 7. The van der Waals surface area contributed by atoms with Crippen LogP contribution in [-0.2, 0) is 0 Å². The molecule has 0 atom stereocenters. The molecule has 76 heavy (non-hydrogen) atoms. The average molecular weight is 983 g/mol. The summed E-state index contributed by atoms with van der Waals surface area (Å²) >= 11 is 0. The van der Waals surface area contributed by atoms with Crippen molar-refractivity contribution in [2.75, 3.05) is 0 Å². The molecule has 0 N–H and O–H groups in total. The van der Waals surface area contributed by atoms with Gasteiger partial charge in [-0.2, -0.15) is 5.26 Å². The summed E-state index contributed by atoms with van der Waals surface area (Å²) in [6, 6.07) is 59.1. The monoisotopic (exact) mass is 982 g/mol. The molecule has 0 spiro atoms. The minimum absolute atomic E-state index is 0.570. The van der Waals surface area contributed by atoms with Gasteiger partial charge in [-0.25, -0.2) is 0 Å². The molecule has 4 nitrogen and oxygen atoms in total. The van der Waals surface area contributed by atoms with Crippen molar-refractivity contribution >= 4 is 43.6 Å². The molecule has 0 unspecified atom stereocenters. The van der Waals surface area contributed by atoms with E-state index in [1.807, 2.05) is 24.4 Å². The molecule has 0 aliphatic rings. The first-order valence-electron chi connectivity index (χ1n) is 26.6. The van der Waals surface area contributed by atoms with E-state index in [9.17, 15) is 5.26 Å². The van der Waals surface area contributed by atoms with Crippen molar-refractivity contribution in [1.29, 1.82) is 5.26 Å². The minimum Gasteiger partial charge on any atom is -0.309 e. The Bertz CT molecular complexity index is 4160. The van der Waals surface area contributed by atoms with E-state index in [2.05, 4.69) is 232 Å². The number of aryl methyl sites for hydroxylation is 12. The molecule has 0 bridgehead atoms. The minimum atomic E-state index is 0.570. The number of pyridine rings is 1. The van der Waals surface area contributed by atoms with Crippen molar-refractivity contribution in [2.24, 2.45) is 0 Å². The number of fused-ring (bicyclic) bond motifs is 6. The molecule has 12 aromatic rings. The van der Waals surface area contributed by atoms with Crippen LogP contribution in [0.25, 0.3) is 111 Å². The van der Waals surface area contributed by atoms with E-state index in [1.165, 1.54) is 133 Å². The third kappa shape index (κ3) is 7.84. The predicted octanol–water partition coefficient (Wildman–Crippen LogP) is 19.2. The van der Waals surface area contributed by atoms with Crippen molar-refractivity contribution in [2.45, 2.75) is 83.1 Å². The van der Waals surface area contributed by atoms with Crippen LogP contribution >= 0.6 is 0 Å². The van der Waals surface area contributed by atoms with Gasteiger partial charge in [-0.15, -0.1) is 0 Å². The molecule has 0 fully saturated rings. The summed E-state index contributed by atoms with van der Waals surface area (Å²) in [5, 5.41) is 15.4. The maximum Gasteiger partial charge on any atom is 0.0991 e. The van der Waals surface area contributed by atoms with Gasteiger partial charge in [0.15, 0.2) is 0 Å². The number of nitriles is 1. The highest BCUT2D eigenvalue weighted by molar-refractivity contribution is 6.14. The molecule has 0 aliphatic carbocycles. The molecule has 0 radical (unpaired) electrons. The molecular weight excluding hydrogens is 921 g/mol. The Balaban J connectivity index is 1.13. The van der Waals surface area contributed by atoms with Crippen LogP contribution in [0.3, 0.4) is 0 Å². The highest BCUT2D eigenvalue weighted by Crippen LogP contribution is 2.45. The lowest BCUT2D eigenvalue weighted by molar-refractivity contribution is 1.13. The Morgan fingerprint density at radius 2 is 0.658 bits per heavy atom. The smallest absolute Gasteiger partial charge is 0.0991 e. The fraction of sp³-hybridized carbons (Fsp3) is 0.167. The summed E-state index contributed by atoms with van der Waals surface area (Å²) in [6.07, 6.45) is 1.89. The number of aromatic nitrogens is 3. The van der Waals surface area contributed by atoms with E-state index in [0.717, 1.165) is 44.7 Å². The topological polar surface area (TPSA) is 46.5 Å². The van der Waals surface area contributed by atoms with Crippen molar-refractivity contribution in [3.8, 4) is 73.2 Å². The lowest BCUT2D eigenvalue weighted by atomic mass is 9.91. The normalized spacial score (nSPS) is 11.7. The molecular formula is C72H62N4. The molecule has 0 amide bonds. The fourth-order valence-corrected chi connectivity index (χ4v) is 13.5. The molecule has 9 aromatic carbocycles. The maximum atomic E-state index is 10.7. The van der Waals surface area contributed by atoms with Crippen molar-refractivity contribution < 1.29 is 0 Å². The second-order valence-electron chi connectivity index (χ2n) is 21.9. The summed E-state index contributed by atoms with van der Waals surface area (Å²) in [4.78, 5) is 5.33. The van der Waals surface area contributed by atoms with Gasteiger partial charge in [0.05, 0.1) is 50.8 Å². The predicted molar refractivity (Wildman–Crippen MR) is 322 cm³/mol. The zero-order chi connectivity index (χ0) is 53.0. The Morgan fingerprint density at radius 3 is 0.974 bits per heavy atom. The highest BCUT2D eigenvalue weighted by Gasteiger charge is 2.24. The number of nitrogens with zero attached hydrogens (tertiary/aromatic N) is 4. The lowest BCUT2D eigenvalue weighted by Gasteiger charge is -2.18. The highest BCUT2D eigenvalue weighted by atomic mass is 15.0. The van der Waals surface area contributed by atoms with E-state index in [1.54, 1.807) is 0 Å². The summed E-state index contributed by atoms with van der Waals surface area (Å²) in [5.41, 5.74) is 33.5. The van der Waals surface area contributed by atoms with Gasteiger partial charge in [0.25, 0.3) is 0 Å². The third-order valence-corrected chi connectivity index (χ3v) is 16.0. The molecule has 3 aromatic heterocycles. The Labute approximate surface area is 447 Å². The molecule has 0 aliphatic heterocycles. The zero-order valence-corrected chi connectivity index (χ0v) is 45.8. The van der Waals surface area contributed by atoms with Gasteiger partial charge in [0, 0.05) is 33.3 Å². The maximum absolute atomic E-state index is 10.7. The van der Waals surface area contributed by atoms with Crippen LogP contribution in [0.5, 0.6) is 0 Å². The van der Waals surface area contributed by atoms with Crippen molar-refractivity contribution in [1.82, 2.24) is 14.1 Å². The lowest BCUT2D eigenvalue weighted by Crippen LogP contribution is -2.03. The molecule has 370 valence electrons. The van der Waals surface area contributed by atoms with Gasteiger partial charge < -0.3 is 9.13 Å². The summed E-state index contributed by atoms with van der Waals surface area (Å²) in [7, 11) is 0. The number of hydrogen-bond acceptors (Lipinski definition) is 2. The fourth-order valence-electron chi connectivity index (χ4n) is 13.5. The van der Waals surface area contributed by atoms with Crippen LogP contribution in [0, 0.1) is 94.4 Å². The van der Waals surface area contributed by atoms with Gasteiger partial charge in [0.2, 0.25) is 0 Å². The summed E-state index contributed by atoms with van der Waals surface area (Å²) in [6.45, 7) is 26.5. The van der Waals surface area contributed by atoms with Gasteiger partial charge >= 0.3 is 0 Å². The third-order valence-electron chi connectivity index (χ3n) is 16.0. The first-order chi connectivity index (χ1) is 36.6. The van der Waals surface area contributed by atoms with E-state index < -0.39 is 0 Å². The molecule has 4 heteroatoms.